The Morgan fingerprint density at radius 2 is 1.79 bits per heavy atom. The Kier molecular flexibility index (Phi) is 2.99. The minimum Gasteiger partial charge on any atom is -0.335 e. The van der Waals surface area contributed by atoms with Crippen LogP contribution in [0.4, 0.5) is 0 Å². The number of pyridine rings is 1. The maximum atomic E-state index is 13.0. The van der Waals surface area contributed by atoms with E-state index >= 15 is 0 Å². The number of carbonyl (C=O) groups is 1. The molecule has 3 heterocycles. The summed E-state index contributed by atoms with van der Waals surface area (Å²) in [6.07, 6.45) is 1.75. The van der Waals surface area contributed by atoms with Crippen molar-refractivity contribution >= 4 is 22.2 Å². The van der Waals surface area contributed by atoms with Crippen molar-refractivity contribution in [1.82, 2.24) is 14.1 Å². The Hall–Kier alpha value is -3.41. The summed E-state index contributed by atoms with van der Waals surface area (Å²) in [4.78, 5) is 30.1. The summed E-state index contributed by atoms with van der Waals surface area (Å²) in [6.45, 7) is 1.64. The third-order valence-electron chi connectivity index (χ3n) is 4.12. The minimum atomic E-state index is -0.367. The van der Waals surface area contributed by atoms with E-state index in [1.54, 1.807) is 47.9 Å². The highest BCUT2D eigenvalue weighted by Crippen LogP contribution is 2.25. The molecule has 0 aliphatic heterocycles. The first-order valence-corrected chi connectivity index (χ1v) is 7.47. The predicted octanol–water partition coefficient (Wildman–Crippen LogP) is 1.90. The second-order valence-corrected chi connectivity index (χ2v) is 5.56. The zero-order chi connectivity index (χ0) is 16.8. The Morgan fingerprint density at radius 1 is 1.08 bits per heavy atom. The minimum absolute atomic E-state index is 0.187. The van der Waals surface area contributed by atoms with Crippen LogP contribution >= 0.6 is 0 Å². The lowest BCUT2D eigenvalue weighted by Gasteiger charge is -2.04. The maximum absolute atomic E-state index is 13.0. The molecular weight excluding hydrogens is 304 g/mol. The molecule has 4 aromatic rings. The summed E-state index contributed by atoms with van der Waals surface area (Å²) < 4.78 is 2.71. The monoisotopic (exact) mass is 318 g/mol. The highest BCUT2D eigenvalue weighted by Gasteiger charge is 2.23. The lowest BCUT2D eigenvalue weighted by atomic mass is 10.1. The summed E-state index contributed by atoms with van der Waals surface area (Å²) >= 11 is 0. The van der Waals surface area contributed by atoms with Crippen molar-refractivity contribution in [1.29, 1.82) is 0 Å². The van der Waals surface area contributed by atoms with E-state index in [1.807, 2.05) is 18.2 Å². The number of nitrogens with zero attached hydrogens (tertiary/aromatic N) is 3. The smallest absolute Gasteiger partial charge is 0.281 e. The molecule has 1 aromatic carbocycles. The van der Waals surface area contributed by atoms with Crippen LogP contribution in [0.15, 0.2) is 59.5 Å². The predicted molar refractivity (Wildman–Crippen MR) is 91.7 cm³/mol. The molecule has 24 heavy (non-hydrogen) atoms. The van der Waals surface area contributed by atoms with E-state index in [0.29, 0.717) is 33.5 Å². The normalized spacial score (nSPS) is 11.2. The van der Waals surface area contributed by atoms with Crippen LogP contribution in [-0.4, -0.2) is 19.8 Å². The lowest BCUT2D eigenvalue weighted by Crippen LogP contribution is -2.30. The Labute approximate surface area is 136 Å². The van der Waals surface area contributed by atoms with Gasteiger partial charge in [-0.3, -0.25) is 9.59 Å². The number of aromatic nitrogens is 3. The van der Waals surface area contributed by atoms with Crippen LogP contribution in [0.2, 0.25) is 0 Å². The second kappa shape index (κ2) is 5.06. The summed E-state index contributed by atoms with van der Waals surface area (Å²) in [5.74, 6) is 5.95. The van der Waals surface area contributed by atoms with Crippen molar-refractivity contribution < 1.29 is 4.79 Å². The second-order valence-electron chi connectivity index (χ2n) is 5.56. The fraction of sp³-hybridized carbons (Fsp3) is 0.0556. The van der Waals surface area contributed by atoms with Crippen LogP contribution in [0.3, 0.4) is 0 Å². The standard InChI is InChI=1S/C18H14N4O2/c1-11-20-15-14(18(24)22(11)19)13-9-5-6-10-21(13)16(15)17(23)12-7-3-2-4-8-12/h2-10H,19H2,1H3. The van der Waals surface area contributed by atoms with Gasteiger partial charge < -0.3 is 10.2 Å². The number of rotatable bonds is 2. The van der Waals surface area contributed by atoms with Crippen molar-refractivity contribution in [2.24, 2.45) is 0 Å². The molecule has 0 atom stereocenters. The van der Waals surface area contributed by atoms with Gasteiger partial charge in [-0.05, 0) is 19.1 Å². The van der Waals surface area contributed by atoms with E-state index in [-0.39, 0.29) is 11.3 Å². The van der Waals surface area contributed by atoms with E-state index in [1.165, 1.54) is 0 Å². The van der Waals surface area contributed by atoms with Crippen molar-refractivity contribution in [2.45, 2.75) is 6.92 Å². The first-order chi connectivity index (χ1) is 11.6. The van der Waals surface area contributed by atoms with Crippen LogP contribution in [0.5, 0.6) is 0 Å². The molecule has 0 saturated carbocycles. The number of benzene rings is 1. The fourth-order valence-electron chi connectivity index (χ4n) is 2.94. The first kappa shape index (κ1) is 14.2. The van der Waals surface area contributed by atoms with Crippen molar-refractivity contribution in [3.05, 3.63) is 82.2 Å². The molecule has 3 aromatic heterocycles. The highest BCUT2D eigenvalue weighted by atomic mass is 16.1. The molecule has 0 unspecified atom stereocenters. The van der Waals surface area contributed by atoms with E-state index in [9.17, 15) is 9.59 Å². The van der Waals surface area contributed by atoms with Gasteiger partial charge in [0, 0.05) is 11.8 Å². The van der Waals surface area contributed by atoms with Crippen molar-refractivity contribution in [2.75, 3.05) is 5.84 Å². The third-order valence-corrected chi connectivity index (χ3v) is 4.12. The van der Waals surface area contributed by atoms with Crippen LogP contribution in [-0.2, 0) is 0 Å². The first-order valence-electron chi connectivity index (χ1n) is 7.47. The average Bonchev–Trinajstić information content (AvgIpc) is 2.94. The van der Waals surface area contributed by atoms with Crippen LogP contribution in [0.25, 0.3) is 16.4 Å². The SMILES string of the molecule is Cc1nc2c(C(=O)c3ccccc3)n3ccccc3c2c(=O)n1N. The Morgan fingerprint density at radius 3 is 2.54 bits per heavy atom. The van der Waals surface area contributed by atoms with Gasteiger partial charge in [-0.1, -0.05) is 36.4 Å². The number of fused-ring (bicyclic) bond motifs is 3. The molecule has 2 N–H and O–H groups in total. The molecule has 6 heteroatoms. The van der Waals surface area contributed by atoms with E-state index < -0.39 is 0 Å². The highest BCUT2D eigenvalue weighted by molar-refractivity contribution is 6.17. The zero-order valence-corrected chi connectivity index (χ0v) is 12.9. The molecule has 4 rings (SSSR count). The van der Waals surface area contributed by atoms with Gasteiger partial charge in [0.2, 0.25) is 5.78 Å². The van der Waals surface area contributed by atoms with Gasteiger partial charge in [-0.25, -0.2) is 9.66 Å². The summed E-state index contributed by atoms with van der Waals surface area (Å²) in [5, 5.41) is 0.350. The van der Waals surface area contributed by atoms with Crippen LogP contribution in [0.1, 0.15) is 21.9 Å². The topological polar surface area (TPSA) is 82.4 Å². The van der Waals surface area contributed by atoms with E-state index in [0.717, 1.165) is 4.68 Å². The van der Waals surface area contributed by atoms with Gasteiger partial charge in [0.25, 0.3) is 5.56 Å². The van der Waals surface area contributed by atoms with E-state index in [2.05, 4.69) is 4.98 Å². The largest absolute Gasteiger partial charge is 0.335 e. The molecule has 6 nitrogen and oxygen atoms in total. The summed E-state index contributed by atoms with van der Waals surface area (Å²) in [6, 6.07) is 14.3. The van der Waals surface area contributed by atoms with Gasteiger partial charge >= 0.3 is 0 Å². The molecule has 0 radical (unpaired) electrons. The summed E-state index contributed by atoms with van der Waals surface area (Å²) in [7, 11) is 0. The third kappa shape index (κ3) is 1.86. The number of ketones is 1. The van der Waals surface area contributed by atoms with Gasteiger partial charge in [-0.15, -0.1) is 0 Å². The zero-order valence-electron chi connectivity index (χ0n) is 12.9. The Balaban J connectivity index is 2.18. The molecule has 0 spiro atoms. The van der Waals surface area contributed by atoms with Crippen molar-refractivity contribution in [3.63, 3.8) is 0 Å². The molecule has 0 amide bonds. The summed E-state index contributed by atoms with van der Waals surface area (Å²) in [5.41, 5.74) is 1.53. The number of carbonyl (C=O) groups excluding carboxylic acids is 1. The van der Waals surface area contributed by atoms with Gasteiger partial charge in [-0.2, -0.15) is 0 Å². The van der Waals surface area contributed by atoms with E-state index in [4.69, 9.17) is 5.84 Å². The molecule has 0 aliphatic rings. The van der Waals surface area contributed by atoms with Crippen LogP contribution in [0, 0.1) is 6.92 Å². The van der Waals surface area contributed by atoms with Crippen molar-refractivity contribution in [3.8, 4) is 0 Å². The quantitative estimate of drug-likeness (QED) is 0.452. The molecule has 0 bridgehead atoms. The van der Waals surface area contributed by atoms with Gasteiger partial charge in [0.1, 0.15) is 17.0 Å². The fourth-order valence-corrected chi connectivity index (χ4v) is 2.94. The van der Waals surface area contributed by atoms with Crippen LogP contribution < -0.4 is 11.4 Å². The maximum Gasteiger partial charge on any atom is 0.281 e. The van der Waals surface area contributed by atoms with Gasteiger partial charge in [0.05, 0.1) is 10.9 Å². The number of nitrogens with two attached hydrogens (primary N) is 1. The molecule has 0 saturated heterocycles. The average molecular weight is 318 g/mol. The number of nitrogen functional groups attached to an aromatic ring is 1. The number of aryl methyl sites for hydroxylation is 1. The lowest BCUT2D eigenvalue weighted by molar-refractivity contribution is 0.103. The van der Waals surface area contributed by atoms with Gasteiger partial charge in [0.15, 0.2) is 0 Å². The molecule has 0 fully saturated rings. The Bertz CT molecular complexity index is 1160. The molecule has 0 aliphatic carbocycles. The molecule has 118 valence electrons. The number of hydrogen-bond acceptors (Lipinski definition) is 4. The number of hydrogen-bond donors (Lipinski definition) is 1. The molecular formula is C18H14N4O2.